The van der Waals surface area contributed by atoms with E-state index in [1.807, 2.05) is 71.3 Å². The number of benzene rings is 3. The van der Waals surface area contributed by atoms with Crippen LogP contribution in [-0.4, -0.2) is 21.2 Å². The number of nitrogens with zero attached hydrogens (tertiary/aromatic N) is 2. The van der Waals surface area contributed by atoms with Crippen LogP contribution in [0.4, 0.5) is 5.69 Å². The minimum absolute atomic E-state index is 0.0296. The molecule has 5 heteroatoms. The van der Waals surface area contributed by atoms with E-state index in [0.717, 1.165) is 16.7 Å². The quantitative estimate of drug-likeness (QED) is 0.504. The highest BCUT2D eigenvalue weighted by Crippen LogP contribution is 2.19. The zero-order chi connectivity index (χ0) is 19.3. The Labute approximate surface area is 162 Å². The van der Waals surface area contributed by atoms with Crippen LogP contribution in [0, 0.1) is 0 Å². The van der Waals surface area contributed by atoms with Crippen LogP contribution in [0.1, 0.15) is 23.2 Å². The molecular weight excluding hydrogens is 350 g/mol. The molecule has 4 aromatic rings. The molecule has 0 aliphatic carbocycles. The number of fused-ring (bicyclic) bond motifs is 1. The summed E-state index contributed by atoms with van der Waals surface area (Å²) in [6.07, 6.45) is 2.13. The number of rotatable bonds is 6. The number of amides is 1. The molecule has 1 heterocycles. The molecule has 28 heavy (non-hydrogen) atoms. The number of anilines is 1. The summed E-state index contributed by atoms with van der Waals surface area (Å²) in [5.74, 6) is -0.205. The summed E-state index contributed by atoms with van der Waals surface area (Å²) in [6.45, 7) is 0. The molecule has 0 aliphatic rings. The lowest BCUT2D eigenvalue weighted by Crippen LogP contribution is -2.13. The molecule has 0 radical (unpaired) electrons. The predicted molar refractivity (Wildman–Crippen MR) is 110 cm³/mol. The summed E-state index contributed by atoms with van der Waals surface area (Å²) in [5.41, 5.74) is 4.25. The van der Waals surface area contributed by atoms with Gasteiger partial charge in [0.25, 0.3) is 0 Å². The third-order valence-corrected chi connectivity index (χ3v) is 4.56. The van der Waals surface area contributed by atoms with E-state index in [9.17, 15) is 9.59 Å². The van der Waals surface area contributed by atoms with Crippen LogP contribution in [0.2, 0.25) is 0 Å². The van der Waals surface area contributed by atoms with E-state index in [1.165, 1.54) is 0 Å². The van der Waals surface area contributed by atoms with Gasteiger partial charge in [-0.1, -0.05) is 42.5 Å². The number of ketones is 1. The number of imidazole rings is 1. The first-order valence-electron chi connectivity index (χ1n) is 9.11. The molecule has 0 aliphatic heterocycles. The molecule has 0 fully saturated rings. The molecule has 0 spiro atoms. The highest BCUT2D eigenvalue weighted by Gasteiger charge is 2.10. The van der Waals surface area contributed by atoms with Gasteiger partial charge in [-0.3, -0.25) is 14.2 Å². The van der Waals surface area contributed by atoms with Gasteiger partial charge in [-0.15, -0.1) is 0 Å². The normalized spacial score (nSPS) is 10.7. The van der Waals surface area contributed by atoms with Crippen molar-refractivity contribution < 1.29 is 9.59 Å². The van der Waals surface area contributed by atoms with Crippen molar-refractivity contribution in [1.29, 1.82) is 0 Å². The number of nitrogens with one attached hydrogen (secondary N) is 1. The summed E-state index contributed by atoms with van der Waals surface area (Å²) in [7, 11) is 0. The molecular formula is C23H19N3O2. The minimum Gasteiger partial charge on any atom is -0.326 e. The van der Waals surface area contributed by atoms with Crippen molar-refractivity contribution >= 4 is 28.4 Å². The Balaban J connectivity index is 1.38. The second-order valence-electron chi connectivity index (χ2n) is 6.49. The molecule has 4 rings (SSSR count). The Morgan fingerprint density at radius 1 is 0.821 bits per heavy atom. The number of hydrogen-bond acceptors (Lipinski definition) is 3. The maximum atomic E-state index is 12.2. The lowest BCUT2D eigenvalue weighted by molar-refractivity contribution is -0.116. The van der Waals surface area contributed by atoms with Gasteiger partial charge >= 0.3 is 0 Å². The molecule has 5 nitrogen and oxygen atoms in total. The average molecular weight is 369 g/mol. The summed E-state index contributed by atoms with van der Waals surface area (Å²) in [4.78, 5) is 28.6. The number of para-hydroxylation sites is 2. The lowest BCUT2D eigenvalue weighted by atomic mass is 10.1. The van der Waals surface area contributed by atoms with Crippen molar-refractivity contribution in [2.45, 2.75) is 12.8 Å². The minimum atomic E-state index is -0.176. The van der Waals surface area contributed by atoms with Crippen molar-refractivity contribution in [3.05, 3.63) is 90.8 Å². The van der Waals surface area contributed by atoms with Gasteiger partial charge in [0.15, 0.2) is 5.78 Å². The van der Waals surface area contributed by atoms with Crippen LogP contribution in [-0.2, 0) is 4.79 Å². The van der Waals surface area contributed by atoms with E-state index >= 15 is 0 Å². The summed E-state index contributed by atoms with van der Waals surface area (Å²) in [6, 6.07) is 24.5. The van der Waals surface area contributed by atoms with Gasteiger partial charge < -0.3 is 5.32 Å². The smallest absolute Gasteiger partial charge is 0.224 e. The average Bonchev–Trinajstić information content (AvgIpc) is 3.17. The summed E-state index contributed by atoms with van der Waals surface area (Å²) < 4.78 is 2.00. The Morgan fingerprint density at radius 3 is 2.32 bits per heavy atom. The first-order chi connectivity index (χ1) is 13.7. The van der Waals surface area contributed by atoms with Crippen molar-refractivity contribution in [2.24, 2.45) is 0 Å². The number of carbonyl (C=O) groups excluding carboxylic acids is 2. The molecule has 1 aromatic heterocycles. The van der Waals surface area contributed by atoms with E-state index in [-0.39, 0.29) is 24.5 Å². The summed E-state index contributed by atoms with van der Waals surface area (Å²) in [5, 5.41) is 2.84. The van der Waals surface area contributed by atoms with Gasteiger partial charge in [0.2, 0.25) is 5.91 Å². The standard InChI is InChI=1S/C23H19N3O2/c27-22(17-6-2-1-3-7-17)14-15-23(28)25-18-10-12-19(13-11-18)26-16-24-20-8-4-5-9-21(20)26/h1-13,16H,14-15H2,(H,25,28). The number of carbonyl (C=O) groups is 2. The van der Waals surface area contributed by atoms with Crippen molar-refractivity contribution in [3.63, 3.8) is 0 Å². The van der Waals surface area contributed by atoms with Crippen LogP contribution in [0.15, 0.2) is 85.2 Å². The zero-order valence-electron chi connectivity index (χ0n) is 15.2. The SMILES string of the molecule is O=C(CCC(=O)c1ccccc1)Nc1ccc(-n2cnc3ccccc32)cc1. The van der Waals surface area contributed by atoms with E-state index in [1.54, 1.807) is 18.5 Å². The first-order valence-corrected chi connectivity index (χ1v) is 9.11. The van der Waals surface area contributed by atoms with Crippen molar-refractivity contribution in [2.75, 3.05) is 5.32 Å². The van der Waals surface area contributed by atoms with Crippen LogP contribution in [0.25, 0.3) is 16.7 Å². The molecule has 3 aromatic carbocycles. The van der Waals surface area contributed by atoms with Crippen LogP contribution < -0.4 is 5.32 Å². The Morgan fingerprint density at radius 2 is 1.54 bits per heavy atom. The maximum absolute atomic E-state index is 12.2. The fourth-order valence-corrected chi connectivity index (χ4v) is 3.09. The topological polar surface area (TPSA) is 64.0 Å². The number of hydrogen-bond donors (Lipinski definition) is 1. The summed E-state index contributed by atoms with van der Waals surface area (Å²) >= 11 is 0. The second-order valence-corrected chi connectivity index (χ2v) is 6.49. The molecule has 1 amide bonds. The Kier molecular flexibility index (Phi) is 4.97. The van der Waals surface area contributed by atoms with Crippen LogP contribution in [0.3, 0.4) is 0 Å². The molecule has 0 bridgehead atoms. The third kappa shape index (κ3) is 3.83. The van der Waals surface area contributed by atoms with Crippen LogP contribution >= 0.6 is 0 Å². The van der Waals surface area contributed by atoms with Gasteiger partial charge in [0.1, 0.15) is 6.33 Å². The largest absolute Gasteiger partial charge is 0.326 e. The lowest BCUT2D eigenvalue weighted by Gasteiger charge is -2.08. The predicted octanol–water partition coefficient (Wildman–Crippen LogP) is 4.63. The molecule has 0 atom stereocenters. The van der Waals surface area contributed by atoms with E-state index in [4.69, 9.17) is 0 Å². The zero-order valence-corrected chi connectivity index (χ0v) is 15.2. The monoisotopic (exact) mass is 369 g/mol. The molecule has 0 saturated carbocycles. The first kappa shape index (κ1) is 17.7. The van der Waals surface area contributed by atoms with Gasteiger partial charge in [0.05, 0.1) is 11.0 Å². The van der Waals surface area contributed by atoms with Gasteiger partial charge in [-0.2, -0.15) is 0 Å². The Bertz CT molecular complexity index is 1120. The second kappa shape index (κ2) is 7.88. The molecule has 0 unspecified atom stereocenters. The van der Waals surface area contributed by atoms with E-state index in [0.29, 0.717) is 11.3 Å². The molecule has 1 N–H and O–H groups in total. The molecule has 0 saturated heterocycles. The Hall–Kier alpha value is -3.73. The van der Waals surface area contributed by atoms with E-state index < -0.39 is 0 Å². The van der Waals surface area contributed by atoms with Gasteiger partial charge in [0, 0.05) is 29.8 Å². The third-order valence-electron chi connectivity index (χ3n) is 4.56. The maximum Gasteiger partial charge on any atom is 0.224 e. The van der Waals surface area contributed by atoms with Crippen molar-refractivity contribution in [3.8, 4) is 5.69 Å². The number of Topliss-reactive ketones (excluding diaryl/α,β-unsaturated/α-hetero) is 1. The fourth-order valence-electron chi connectivity index (χ4n) is 3.09. The van der Waals surface area contributed by atoms with Gasteiger partial charge in [-0.05, 0) is 36.4 Å². The van der Waals surface area contributed by atoms with Crippen molar-refractivity contribution in [1.82, 2.24) is 9.55 Å². The van der Waals surface area contributed by atoms with Gasteiger partial charge in [-0.25, -0.2) is 4.98 Å². The van der Waals surface area contributed by atoms with Crippen LogP contribution in [0.5, 0.6) is 0 Å². The fraction of sp³-hybridized carbons (Fsp3) is 0.0870. The highest BCUT2D eigenvalue weighted by atomic mass is 16.2. The molecule has 138 valence electrons. The number of aromatic nitrogens is 2. The van der Waals surface area contributed by atoms with E-state index in [2.05, 4.69) is 10.3 Å². The highest BCUT2D eigenvalue weighted by molar-refractivity contribution is 6.00.